The van der Waals surface area contributed by atoms with Crippen molar-refractivity contribution < 1.29 is 9.53 Å². The van der Waals surface area contributed by atoms with E-state index in [1.807, 2.05) is 54.6 Å². The van der Waals surface area contributed by atoms with Gasteiger partial charge in [-0.1, -0.05) is 42.5 Å². The van der Waals surface area contributed by atoms with Gasteiger partial charge in [0.15, 0.2) is 0 Å². The Balaban J connectivity index is 1.44. The molecule has 1 aliphatic heterocycles. The molecular weight excluding hydrogens is 412 g/mol. The molecule has 0 saturated carbocycles. The van der Waals surface area contributed by atoms with Gasteiger partial charge in [0.2, 0.25) is 0 Å². The highest BCUT2D eigenvalue weighted by Gasteiger charge is 2.35. The Morgan fingerprint density at radius 3 is 2.67 bits per heavy atom. The van der Waals surface area contributed by atoms with Crippen molar-refractivity contribution in [3.8, 4) is 0 Å². The number of likely N-dealkylation sites (tertiary alicyclic amines) is 1. The Labute approximate surface area is 193 Å². The van der Waals surface area contributed by atoms with E-state index in [1.54, 1.807) is 19.5 Å². The van der Waals surface area contributed by atoms with Gasteiger partial charge < -0.3 is 10.1 Å². The van der Waals surface area contributed by atoms with Crippen LogP contribution < -0.4 is 5.32 Å². The van der Waals surface area contributed by atoms with E-state index >= 15 is 0 Å². The van der Waals surface area contributed by atoms with E-state index in [2.05, 4.69) is 34.3 Å². The molecule has 0 spiro atoms. The number of methoxy groups -OCH3 is 1. The second kappa shape index (κ2) is 9.10. The Kier molecular flexibility index (Phi) is 5.86. The molecule has 1 atom stereocenters. The smallest absolute Gasteiger partial charge is 0.256 e. The minimum Gasteiger partial charge on any atom is -0.379 e. The zero-order chi connectivity index (χ0) is 22.8. The molecule has 5 rings (SSSR count). The summed E-state index contributed by atoms with van der Waals surface area (Å²) in [7, 11) is 1.75. The zero-order valence-corrected chi connectivity index (χ0v) is 18.7. The predicted octanol–water partition coefficient (Wildman–Crippen LogP) is 4.61. The molecule has 6 heteroatoms. The van der Waals surface area contributed by atoms with E-state index < -0.39 is 0 Å². The highest BCUT2D eigenvalue weighted by molar-refractivity contribution is 6.06. The summed E-state index contributed by atoms with van der Waals surface area (Å²) in [5, 5.41) is 4.96. The monoisotopic (exact) mass is 438 g/mol. The number of hydrogen-bond donors (Lipinski definition) is 1. The van der Waals surface area contributed by atoms with Crippen LogP contribution in [0, 0.1) is 6.92 Å². The topological polar surface area (TPSA) is 67.3 Å². The molecule has 33 heavy (non-hydrogen) atoms. The van der Waals surface area contributed by atoms with Crippen molar-refractivity contribution >= 4 is 22.5 Å². The Bertz CT molecular complexity index is 1290. The summed E-state index contributed by atoms with van der Waals surface area (Å²) in [6.45, 7) is 3.76. The second-order valence-corrected chi connectivity index (χ2v) is 8.42. The van der Waals surface area contributed by atoms with Crippen molar-refractivity contribution in [3.05, 3.63) is 102 Å². The number of carbonyl (C=O) groups is 1. The molecule has 6 nitrogen and oxygen atoms in total. The molecular formula is C27H26N4O2. The summed E-state index contributed by atoms with van der Waals surface area (Å²) in [5.41, 5.74) is 3.79. The lowest BCUT2D eigenvalue weighted by atomic mass is 9.94. The van der Waals surface area contributed by atoms with Crippen LogP contribution >= 0.6 is 0 Å². The molecule has 1 N–H and O–H groups in total. The molecule has 0 bridgehead atoms. The van der Waals surface area contributed by atoms with Crippen molar-refractivity contribution in [2.24, 2.45) is 0 Å². The summed E-state index contributed by atoms with van der Waals surface area (Å²) in [4.78, 5) is 24.4. The molecule has 1 aliphatic rings. The van der Waals surface area contributed by atoms with Crippen molar-refractivity contribution in [2.75, 3.05) is 25.5 Å². The second-order valence-electron chi connectivity index (χ2n) is 8.42. The minimum atomic E-state index is -0.185. The maximum atomic E-state index is 13.0. The van der Waals surface area contributed by atoms with Crippen LogP contribution in [0.15, 0.2) is 79.1 Å². The summed E-state index contributed by atoms with van der Waals surface area (Å²) >= 11 is 0. The van der Waals surface area contributed by atoms with Crippen molar-refractivity contribution in [1.82, 2.24) is 14.9 Å². The van der Waals surface area contributed by atoms with E-state index in [0.29, 0.717) is 11.4 Å². The highest BCUT2D eigenvalue weighted by atomic mass is 16.5. The fourth-order valence-corrected chi connectivity index (χ4v) is 4.31. The number of rotatable bonds is 6. The van der Waals surface area contributed by atoms with Crippen LogP contribution in [0.5, 0.6) is 0 Å². The first-order valence-electron chi connectivity index (χ1n) is 11.1. The number of aromatic nitrogens is 2. The molecule has 1 saturated heterocycles. The molecule has 4 aromatic rings. The quantitative estimate of drug-likeness (QED) is 0.476. The molecule has 1 amide bonds. The SMILES string of the molecule is COC1CN(C(c2ccccc2)c2nc(NC(=O)c3ccc4cnccc4c3)ccc2C)C1. The van der Waals surface area contributed by atoms with E-state index in [0.717, 1.165) is 35.1 Å². The lowest BCUT2D eigenvalue weighted by Gasteiger charge is -2.43. The lowest BCUT2D eigenvalue weighted by Crippen LogP contribution is -2.53. The van der Waals surface area contributed by atoms with Gasteiger partial charge in [-0.25, -0.2) is 4.98 Å². The summed E-state index contributed by atoms with van der Waals surface area (Å²) < 4.78 is 5.50. The molecule has 1 unspecified atom stereocenters. The molecule has 2 aromatic heterocycles. The Hall–Kier alpha value is -3.61. The summed E-state index contributed by atoms with van der Waals surface area (Å²) in [6.07, 6.45) is 3.76. The Morgan fingerprint density at radius 2 is 1.88 bits per heavy atom. The first kappa shape index (κ1) is 21.2. The van der Waals surface area contributed by atoms with Gasteiger partial charge in [0.05, 0.1) is 17.8 Å². The van der Waals surface area contributed by atoms with Crippen LogP contribution in [0.1, 0.15) is 33.2 Å². The maximum Gasteiger partial charge on any atom is 0.256 e. The van der Waals surface area contributed by atoms with E-state index in [9.17, 15) is 4.79 Å². The number of carbonyl (C=O) groups excluding carboxylic acids is 1. The molecule has 3 heterocycles. The van der Waals surface area contributed by atoms with Crippen molar-refractivity contribution in [1.29, 1.82) is 0 Å². The number of anilines is 1. The molecule has 166 valence electrons. The normalized spacial score (nSPS) is 15.2. The van der Waals surface area contributed by atoms with Crippen LogP contribution in [-0.2, 0) is 4.74 Å². The van der Waals surface area contributed by atoms with Crippen molar-refractivity contribution in [2.45, 2.75) is 19.1 Å². The van der Waals surface area contributed by atoms with E-state index in [1.165, 1.54) is 5.56 Å². The van der Waals surface area contributed by atoms with Gasteiger partial charge in [0, 0.05) is 43.5 Å². The average molecular weight is 439 g/mol. The van der Waals surface area contributed by atoms with Gasteiger partial charge in [0.25, 0.3) is 5.91 Å². The van der Waals surface area contributed by atoms with Gasteiger partial charge in [-0.2, -0.15) is 0 Å². The van der Waals surface area contributed by atoms with Gasteiger partial charge >= 0.3 is 0 Å². The third-order valence-corrected chi connectivity index (χ3v) is 6.23. The number of fused-ring (bicyclic) bond motifs is 1. The molecule has 0 radical (unpaired) electrons. The number of aryl methyl sites for hydroxylation is 1. The van der Waals surface area contributed by atoms with E-state index in [4.69, 9.17) is 9.72 Å². The molecule has 0 aliphatic carbocycles. The molecule has 2 aromatic carbocycles. The van der Waals surface area contributed by atoms with E-state index in [-0.39, 0.29) is 18.1 Å². The number of hydrogen-bond acceptors (Lipinski definition) is 5. The first-order chi connectivity index (χ1) is 16.1. The number of nitrogens with zero attached hydrogens (tertiary/aromatic N) is 3. The van der Waals surface area contributed by atoms with Gasteiger partial charge in [0.1, 0.15) is 5.82 Å². The number of amides is 1. The minimum absolute atomic E-state index is 0.00243. The third-order valence-electron chi connectivity index (χ3n) is 6.23. The average Bonchev–Trinajstić information content (AvgIpc) is 2.82. The predicted molar refractivity (Wildman–Crippen MR) is 129 cm³/mol. The van der Waals surface area contributed by atoms with Gasteiger partial charge in [-0.15, -0.1) is 0 Å². The summed E-state index contributed by atoms with van der Waals surface area (Å²) in [5.74, 6) is 0.357. The fraction of sp³-hybridized carbons (Fsp3) is 0.222. The third kappa shape index (κ3) is 4.35. The van der Waals surface area contributed by atoms with Gasteiger partial charge in [-0.05, 0) is 47.7 Å². The number of benzene rings is 2. The largest absolute Gasteiger partial charge is 0.379 e. The van der Waals surface area contributed by atoms with Crippen LogP contribution in [0.3, 0.4) is 0 Å². The van der Waals surface area contributed by atoms with Crippen LogP contribution in [0.2, 0.25) is 0 Å². The maximum absolute atomic E-state index is 13.0. The first-order valence-corrected chi connectivity index (χ1v) is 11.1. The highest BCUT2D eigenvalue weighted by Crippen LogP contribution is 2.34. The number of nitrogens with one attached hydrogen (secondary N) is 1. The van der Waals surface area contributed by atoms with Crippen LogP contribution in [0.4, 0.5) is 5.82 Å². The fourth-order valence-electron chi connectivity index (χ4n) is 4.31. The number of pyridine rings is 2. The standard InChI is InChI=1S/C27H26N4O2/c1-18-8-11-24(30-27(32)21-9-10-22-15-28-13-12-20(22)14-21)29-25(18)26(19-6-4-3-5-7-19)31-16-23(17-31)33-2/h3-15,23,26H,16-17H2,1-2H3,(H,29,30,32). The lowest BCUT2D eigenvalue weighted by molar-refractivity contribution is -0.0446. The van der Waals surface area contributed by atoms with Crippen molar-refractivity contribution in [3.63, 3.8) is 0 Å². The van der Waals surface area contributed by atoms with Crippen LogP contribution in [-0.4, -0.2) is 47.1 Å². The molecule has 1 fully saturated rings. The number of ether oxygens (including phenoxy) is 1. The zero-order valence-electron chi connectivity index (χ0n) is 18.7. The summed E-state index contributed by atoms with van der Waals surface area (Å²) in [6, 6.07) is 21.7. The van der Waals surface area contributed by atoms with Crippen LogP contribution in [0.25, 0.3) is 10.8 Å². The Morgan fingerprint density at radius 1 is 1.06 bits per heavy atom. The van der Waals surface area contributed by atoms with Gasteiger partial charge in [-0.3, -0.25) is 14.7 Å².